The van der Waals surface area contributed by atoms with Crippen LogP contribution >= 0.6 is 0 Å². The lowest BCUT2D eigenvalue weighted by Crippen LogP contribution is -2.32. The van der Waals surface area contributed by atoms with Gasteiger partial charge in [-0.15, -0.1) is 0 Å². The SMILES string of the molecule is CCC(C)N(C)CC(O)c1cc(C)cc(C)c1. The summed E-state index contributed by atoms with van der Waals surface area (Å²) in [6.45, 7) is 9.19. The summed E-state index contributed by atoms with van der Waals surface area (Å²) >= 11 is 0. The van der Waals surface area contributed by atoms with Crippen LogP contribution in [-0.2, 0) is 0 Å². The van der Waals surface area contributed by atoms with Gasteiger partial charge in [-0.2, -0.15) is 0 Å². The van der Waals surface area contributed by atoms with Crippen molar-refractivity contribution in [2.24, 2.45) is 0 Å². The van der Waals surface area contributed by atoms with Crippen LogP contribution in [0.2, 0.25) is 0 Å². The predicted molar refractivity (Wildman–Crippen MR) is 73.3 cm³/mol. The second kappa shape index (κ2) is 6.18. The molecule has 0 aromatic heterocycles. The highest BCUT2D eigenvalue weighted by Gasteiger charge is 2.14. The number of nitrogens with zero attached hydrogens (tertiary/aromatic N) is 1. The first-order valence-corrected chi connectivity index (χ1v) is 6.40. The summed E-state index contributed by atoms with van der Waals surface area (Å²) in [7, 11) is 2.07. The number of aliphatic hydroxyl groups is 1. The maximum Gasteiger partial charge on any atom is 0.0917 e. The third kappa shape index (κ3) is 4.14. The maximum absolute atomic E-state index is 10.2. The number of benzene rings is 1. The minimum atomic E-state index is -0.396. The standard InChI is InChI=1S/C15H25NO/c1-6-13(4)16(5)10-15(17)14-8-11(2)7-12(3)9-14/h7-9,13,15,17H,6,10H2,1-5H3. The lowest BCUT2D eigenvalue weighted by Gasteiger charge is -2.26. The first-order valence-electron chi connectivity index (χ1n) is 6.40. The lowest BCUT2D eigenvalue weighted by molar-refractivity contribution is 0.107. The molecule has 0 aliphatic heterocycles. The van der Waals surface area contributed by atoms with Gasteiger partial charge in [-0.05, 0) is 39.8 Å². The number of hydrogen-bond acceptors (Lipinski definition) is 2. The second-order valence-corrected chi connectivity index (χ2v) is 5.13. The van der Waals surface area contributed by atoms with Crippen LogP contribution in [0.15, 0.2) is 18.2 Å². The molecule has 0 aliphatic carbocycles. The van der Waals surface area contributed by atoms with Gasteiger partial charge in [0.05, 0.1) is 6.10 Å². The Balaban J connectivity index is 2.72. The van der Waals surface area contributed by atoms with Crippen molar-refractivity contribution in [2.75, 3.05) is 13.6 Å². The highest BCUT2D eigenvalue weighted by molar-refractivity contribution is 5.30. The monoisotopic (exact) mass is 235 g/mol. The van der Waals surface area contributed by atoms with Gasteiger partial charge in [-0.25, -0.2) is 0 Å². The van der Waals surface area contributed by atoms with Gasteiger partial charge in [0, 0.05) is 12.6 Å². The Morgan fingerprint density at radius 1 is 1.18 bits per heavy atom. The first-order chi connectivity index (χ1) is 7.93. The molecule has 0 fully saturated rings. The van der Waals surface area contributed by atoms with Crippen molar-refractivity contribution >= 4 is 0 Å². The number of rotatable bonds is 5. The quantitative estimate of drug-likeness (QED) is 0.848. The average Bonchev–Trinajstić information content (AvgIpc) is 2.26. The molecule has 0 spiro atoms. The van der Waals surface area contributed by atoms with Gasteiger partial charge in [-0.3, -0.25) is 0 Å². The summed E-state index contributed by atoms with van der Waals surface area (Å²) in [5.74, 6) is 0. The van der Waals surface area contributed by atoms with Gasteiger partial charge in [0.2, 0.25) is 0 Å². The zero-order chi connectivity index (χ0) is 13.0. The van der Waals surface area contributed by atoms with E-state index in [-0.39, 0.29) is 0 Å². The summed E-state index contributed by atoms with van der Waals surface area (Å²) in [5, 5.41) is 10.2. The van der Waals surface area contributed by atoms with Crippen molar-refractivity contribution in [1.29, 1.82) is 0 Å². The topological polar surface area (TPSA) is 23.5 Å². The predicted octanol–water partition coefficient (Wildman–Crippen LogP) is 3.07. The van der Waals surface area contributed by atoms with E-state index >= 15 is 0 Å². The fourth-order valence-electron chi connectivity index (χ4n) is 2.07. The molecular formula is C15H25NO. The minimum Gasteiger partial charge on any atom is -0.387 e. The summed E-state index contributed by atoms with van der Waals surface area (Å²) < 4.78 is 0. The number of aryl methyl sites for hydroxylation is 2. The summed E-state index contributed by atoms with van der Waals surface area (Å²) in [5.41, 5.74) is 3.45. The van der Waals surface area contributed by atoms with Crippen LogP contribution in [0.1, 0.15) is 43.1 Å². The zero-order valence-corrected chi connectivity index (χ0v) is 11.7. The third-order valence-corrected chi connectivity index (χ3v) is 3.43. The fourth-order valence-corrected chi connectivity index (χ4v) is 2.07. The van der Waals surface area contributed by atoms with Crippen LogP contribution in [-0.4, -0.2) is 29.6 Å². The van der Waals surface area contributed by atoms with Crippen molar-refractivity contribution in [1.82, 2.24) is 4.90 Å². The van der Waals surface area contributed by atoms with Crippen molar-refractivity contribution in [2.45, 2.75) is 46.3 Å². The molecule has 0 heterocycles. The van der Waals surface area contributed by atoms with Crippen molar-refractivity contribution in [3.05, 3.63) is 34.9 Å². The second-order valence-electron chi connectivity index (χ2n) is 5.13. The zero-order valence-electron chi connectivity index (χ0n) is 11.7. The van der Waals surface area contributed by atoms with E-state index in [1.807, 2.05) is 0 Å². The molecule has 0 saturated heterocycles. The van der Waals surface area contributed by atoms with Crippen LogP contribution in [0.5, 0.6) is 0 Å². The number of hydrogen-bond donors (Lipinski definition) is 1. The van der Waals surface area contributed by atoms with Gasteiger partial charge in [-0.1, -0.05) is 36.2 Å². The van der Waals surface area contributed by atoms with Crippen LogP contribution < -0.4 is 0 Å². The van der Waals surface area contributed by atoms with E-state index in [4.69, 9.17) is 0 Å². The van der Waals surface area contributed by atoms with Gasteiger partial charge < -0.3 is 10.0 Å². The molecule has 0 bridgehead atoms. The van der Waals surface area contributed by atoms with Gasteiger partial charge >= 0.3 is 0 Å². The molecule has 2 atom stereocenters. The number of likely N-dealkylation sites (N-methyl/N-ethyl adjacent to an activating group) is 1. The Kier molecular flexibility index (Phi) is 5.16. The molecule has 17 heavy (non-hydrogen) atoms. The maximum atomic E-state index is 10.2. The van der Waals surface area contributed by atoms with Crippen molar-refractivity contribution in [3.8, 4) is 0 Å². The van der Waals surface area contributed by atoms with Crippen molar-refractivity contribution in [3.63, 3.8) is 0 Å². The Labute approximate surface area is 105 Å². The Morgan fingerprint density at radius 3 is 2.18 bits per heavy atom. The Morgan fingerprint density at radius 2 is 1.71 bits per heavy atom. The van der Waals surface area contributed by atoms with Crippen molar-refractivity contribution < 1.29 is 5.11 Å². The molecule has 96 valence electrons. The van der Waals surface area contributed by atoms with Gasteiger partial charge in [0.25, 0.3) is 0 Å². The molecule has 1 aromatic rings. The van der Waals surface area contributed by atoms with Gasteiger partial charge in [0.15, 0.2) is 0 Å². The summed E-state index contributed by atoms with van der Waals surface area (Å²) in [6, 6.07) is 6.79. The molecule has 0 saturated carbocycles. The molecule has 1 rings (SSSR count). The van der Waals surface area contributed by atoms with Crippen LogP contribution in [0, 0.1) is 13.8 Å². The summed E-state index contributed by atoms with van der Waals surface area (Å²) in [4.78, 5) is 2.21. The molecule has 2 unspecified atom stereocenters. The normalized spacial score (nSPS) is 15.0. The lowest BCUT2D eigenvalue weighted by atomic mass is 10.0. The van der Waals surface area contributed by atoms with Gasteiger partial charge in [0.1, 0.15) is 0 Å². The highest BCUT2D eigenvalue weighted by Crippen LogP contribution is 2.18. The van der Waals surface area contributed by atoms with E-state index in [2.05, 4.69) is 57.8 Å². The molecule has 1 N–H and O–H groups in total. The van der Waals surface area contributed by atoms with E-state index in [0.29, 0.717) is 12.6 Å². The van der Waals surface area contributed by atoms with E-state index in [0.717, 1.165) is 12.0 Å². The molecule has 2 nitrogen and oxygen atoms in total. The minimum absolute atomic E-state index is 0.396. The van der Waals surface area contributed by atoms with Crippen LogP contribution in [0.3, 0.4) is 0 Å². The molecular weight excluding hydrogens is 210 g/mol. The Bertz CT molecular complexity index is 342. The molecule has 0 aliphatic rings. The first kappa shape index (κ1) is 14.2. The Hall–Kier alpha value is -0.860. The third-order valence-electron chi connectivity index (χ3n) is 3.43. The molecule has 0 radical (unpaired) electrons. The van der Waals surface area contributed by atoms with E-state index in [1.54, 1.807) is 0 Å². The average molecular weight is 235 g/mol. The van der Waals surface area contributed by atoms with E-state index in [9.17, 15) is 5.11 Å². The van der Waals surface area contributed by atoms with E-state index < -0.39 is 6.10 Å². The molecule has 0 amide bonds. The fraction of sp³-hybridized carbons (Fsp3) is 0.600. The highest BCUT2D eigenvalue weighted by atomic mass is 16.3. The summed E-state index contributed by atoms with van der Waals surface area (Å²) in [6.07, 6.45) is 0.711. The van der Waals surface area contributed by atoms with E-state index in [1.165, 1.54) is 11.1 Å². The largest absolute Gasteiger partial charge is 0.387 e. The number of aliphatic hydroxyl groups excluding tert-OH is 1. The molecule has 2 heteroatoms. The van der Waals surface area contributed by atoms with Crippen LogP contribution in [0.4, 0.5) is 0 Å². The molecule has 1 aromatic carbocycles. The smallest absolute Gasteiger partial charge is 0.0917 e. The van der Waals surface area contributed by atoms with Crippen LogP contribution in [0.25, 0.3) is 0 Å².